The monoisotopic (exact) mass is 1260 g/mol. The Kier molecular flexibility index (Phi) is 33.3. The minimum Gasteiger partial charge on any atom is -0.496 e. The van der Waals surface area contributed by atoms with Gasteiger partial charge >= 0.3 is 0 Å². The molecule has 91 heavy (non-hydrogen) atoms. The molecule has 0 fully saturated rings. The quantitative estimate of drug-likeness (QED) is 0.0173. The second kappa shape index (κ2) is 40.1. The highest BCUT2D eigenvalue weighted by molar-refractivity contribution is 6.04. The van der Waals surface area contributed by atoms with Gasteiger partial charge in [-0.15, -0.1) is 0 Å². The molecule has 4 atom stereocenters. The van der Waals surface area contributed by atoms with Crippen molar-refractivity contribution in [2.24, 2.45) is 60.8 Å². The number of carbonyl (C=O) groups excluding carboxylic acids is 8. The average molecular weight is 1260 g/mol. The van der Waals surface area contributed by atoms with Crippen molar-refractivity contribution < 1.29 is 57.3 Å². The fourth-order valence-electron chi connectivity index (χ4n) is 9.37. The van der Waals surface area contributed by atoms with Gasteiger partial charge in [0.05, 0.1) is 74.9 Å². The summed E-state index contributed by atoms with van der Waals surface area (Å²) in [5, 5.41) is 11.0. The summed E-state index contributed by atoms with van der Waals surface area (Å²) < 4.78 is 21.9. The van der Waals surface area contributed by atoms with Gasteiger partial charge in [-0.25, -0.2) is 0 Å². The zero-order valence-corrected chi connectivity index (χ0v) is 53.3. The van der Waals surface area contributed by atoms with E-state index in [9.17, 15) is 38.4 Å². The second-order valence-electron chi connectivity index (χ2n) is 21.4. The molecule has 0 aliphatic heterocycles. The van der Waals surface area contributed by atoms with Crippen LogP contribution in [0.2, 0.25) is 0 Å². The summed E-state index contributed by atoms with van der Waals surface area (Å²) in [6.45, 7) is 5.06. The number of nitrogens with one attached hydrogen (secondary N) is 4. The van der Waals surface area contributed by atoms with Gasteiger partial charge in [-0.3, -0.25) is 53.3 Å². The van der Waals surface area contributed by atoms with Crippen LogP contribution in [-0.2, 0) is 44.9 Å². The summed E-state index contributed by atoms with van der Waals surface area (Å²) in [5.41, 5.74) is 46.3. The standard InChI is InChI=1S/C58H78N14O12.C6H15N/c1-32(59)44(73)28-33-13-18-49(82-4)38(25-33)53(78)70-42(11-8-22-68-57(62)63)46(75)30-35-15-20-51(84-6)40(27-35)55(80)72-43(12-9-23-69-58(64)65)47(76)31-36-16-19-50(83-5)39(26-36)54(79)71-41(10-7-21-67-56(60)61)45(74)29-34-14-17-48(81-3)37(24-34)52(77)66-2;1-2-3-4-5-6-7/h13-20,24-27,32,41-43H,7-12,21-23,28-31,59H2,1-6H3,(H,66,77)(H,70,78)(H,71,79)(H,72,80)(H4,60,61,67)(H4,62,63,68)(H4,64,65,69);2-7H2,1H3/t32-,41-,42-,43-;/m1./s1. The van der Waals surface area contributed by atoms with Crippen molar-refractivity contribution in [1.29, 1.82) is 0 Å². The smallest absolute Gasteiger partial charge is 0.255 e. The van der Waals surface area contributed by atoms with E-state index >= 15 is 0 Å². The number of guanidine groups is 3. The number of carbonyl (C=O) groups is 8. The lowest BCUT2D eigenvalue weighted by Crippen LogP contribution is -2.42. The number of Topliss-reactive ketones (excluding diaryl/α,β-unsaturated/α-hetero) is 4. The van der Waals surface area contributed by atoms with Crippen molar-refractivity contribution in [3.8, 4) is 23.0 Å². The van der Waals surface area contributed by atoms with Crippen LogP contribution in [-0.4, -0.2) is 150 Å². The third kappa shape index (κ3) is 26.2. The van der Waals surface area contributed by atoms with Crippen molar-refractivity contribution in [1.82, 2.24) is 21.3 Å². The maximum absolute atomic E-state index is 14.4. The number of ketones is 4. The number of aliphatic imine (C=N–C) groups is 3. The average Bonchev–Trinajstić information content (AvgIpc) is 1.04. The molecule has 27 nitrogen and oxygen atoms in total. The van der Waals surface area contributed by atoms with E-state index in [1.54, 1.807) is 43.3 Å². The Labute approximate surface area is 532 Å². The maximum Gasteiger partial charge on any atom is 0.255 e. The van der Waals surface area contributed by atoms with Gasteiger partial charge < -0.3 is 86.1 Å². The number of ether oxygens (including phenoxy) is 4. The first-order valence-electron chi connectivity index (χ1n) is 30.0. The highest BCUT2D eigenvalue weighted by atomic mass is 16.5. The van der Waals surface area contributed by atoms with Crippen LogP contribution in [0.4, 0.5) is 0 Å². The van der Waals surface area contributed by atoms with Gasteiger partial charge in [-0.2, -0.15) is 0 Å². The number of nitrogens with two attached hydrogens (primary N) is 8. The molecule has 0 spiro atoms. The lowest BCUT2D eigenvalue weighted by Gasteiger charge is -2.21. The van der Waals surface area contributed by atoms with Crippen LogP contribution >= 0.6 is 0 Å². The number of benzene rings is 4. The molecule has 0 aromatic heterocycles. The van der Waals surface area contributed by atoms with Gasteiger partial charge in [-0.1, -0.05) is 50.5 Å². The first kappa shape index (κ1) is 75.6. The molecule has 4 amide bonds. The molecular formula is C64H93N15O12. The summed E-state index contributed by atoms with van der Waals surface area (Å²) in [5.74, 6) is -3.80. The first-order valence-corrected chi connectivity index (χ1v) is 30.0. The van der Waals surface area contributed by atoms with E-state index < -0.39 is 65.1 Å². The summed E-state index contributed by atoms with van der Waals surface area (Å²) >= 11 is 0. The highest BCUT2D eigenvalue weighted by Gasteiger charge is 2.29. The molecule has 4 rings (SSSR count). The molecule has 0 aliphatic rings. The zero-order valence-electron chi connectivity index (χ0n) is 53.3. The van der Waals surface area contributed by atoms with Gasteiger partial charge in [0.2, 0.25) is 0 Å². The van der Waals surface area contributed by atoms with E-state index in [-0.39, 0.29) is 141 Å². The molecule has 0 unspecified atom stereocenters. The van der Waals surface area contributed by atoms with Crippen LogP contribution in [0, 0.1) is 0 Å². The summed E-state index contributed by atoms with van der Waals surface area (Å²) in [6, 6.07) is 14.4. The van der Waals surface area contributed by atoms with Crippen molar-refractivity contribution in [3.63, 3.8) is 0 Å². The molecule has 4 aromatic rings. The minimum absolute atomic E-state index is 0.00387. The van der Waals surface area contributed by atoms with Crippen LogP contribution in [0.25, 0.3) is 0 Å². The Morgan fingerprint density at radius 2 is 0.714 bits per heavy atom. The molecule has 4 aromatic carbocycles. The van der Waals surface area contributed by atoms with Crippen LogP contribution in [0.3, 0.4) is 0 Å². The van der Waals surface area contributed by atoms with Crippen LogP contribution < -0.4 is 86.1 Å². The second-order valence-corrected chi connectivity index (χ2v) is 21.4. The van der Waals surface area contributed by atoms with Crippen molar-refractivity contribution in [2.45, 2.75) is 128 Å². The van der Waals surface area contributed by atoms with Gasteiger partial charge in [0.1, 0.15) is 23.0 Å². The number of nitrogens with zero attached hydrogens (tertiary/aromatic N) is 3. The molecule has 0 saturated heterocycles. The van der Waals surface area contributed by atoms with E-state index in [0.29, 0.717) is 34.4 Å². The number of unbranched alkanes of at least 4 members (excludes halogenated alkanes) is 3. The van der Waals surface area contributed by atoms with E-state index in [2.05, 4.69) is 43.2 Å². The fraction of sp³-hybridized carbons (Fsp3) is 0.453. The summed E-state index contributed by atoms with van der Waals surface area (Å²) in [6.07, 6.45) is 5.51. The van der Waals surface area contributed by atoms with Crippen LogP contribution in [0.5, 0.6) is 23.0 Å². The number of hydrogen-bond donors (Lipinski definition) is 12. The van der Waals surface area contributed by atoms with E-state index in [4.69, 9.17) is 64.8 Å². The van der Waals surface area contributed by atoms with Gasteiger partial charge in [0, 0.05) is 52.4 Å². The highest BCUT2D eigenvalue weighted by Crippen LogP contribution is 2.26. The lowest BCUT2D eigenvalue weighted by atomic mass is 9.96. The predicted octanol–water partition coefficient (Wildman–Crippen LogP) is 1.96. The number of hydrogen-bond acceptors (Lipinski definition) is 17. The molecule has 0 aliphatic carbocycles. The molecule has 496 valence electrons. The van der Waals surface area contributed by atoms with E-state index in [1.165, 1.54) is 97.6 Å². The third-order valence-electron chi connectivity index (χ3n) is 14.3. The number of methoxy groups -OCH3 is 4. The van der Waals surface area contributed by atoms with Gasteiger partial charge in [-0.05, 0) is 129 Å². The number of amides is 4. The molecule has 0 saturated carbocycles. The van der Waals surface area contributed by atoms with Crippen molar-refractivity contribution in [2.75, 3.05) is 61.7 Å². The fourth-order valence-corrected chi connectivity index (χ4v) is 9.37. The van der Waals surface area contributed by atoms with E-state index in [1.807, 2.05) is 0 Å². The Morgan fingerprint density at radius 1 is 0.429 bits per heavy atom. The van der Waals surface area contributed by atoms with Crippen LogP contribution in [0.1, 0.15) is 142 Å². The summed E-state index contributed by atoms with van der Waals surface area (Å²) in [7, 11) is 6.96. The van der Waals surface area contributed by atoms with Crippen LogP contribution in [0.15, 0.2) is 87.8 Å². The zero-order chi connectivity index (χ0) is 67.6. The molecule has 0 heterocycles. The predicted molar refractivity (Wildman–Crippen MR) is 351 cm³/mol. The van der Waals surface area contributed by atoms with Gasteiger partial charge in [0.25, 0.3) is 23.6 Å². The van der Waals surface area contributed by atoms with E-state index in [0.717, 1.165) is 6.54 Å². The number of rotatable bonds is 39. The van der Waals surface area contributed by atoms with Crippen molar-refractivity contribution in [3.05, 3.63) is 117 Å². The molecule has 0 bridgehead atoms. The topological polar surface area (TPSA) is 467 Å². The Bertz CT molecular complexity index is 3190. The minimum atomic E-state index is -1.16. The molecule has 0 radical (unpaired) electrons. The molecular weight excluding hydrogens is 1170 g/mol. The Balaban J connectivity index is 0.00000291. The Morgan fingerprint density at radius 3 is 0.956 bits per heavy atom. The normalized spacial score (nSPS) is 11.9. The Hall–Kier alpha value is -9.63. The molecule has 20 N–H and O–H groups in total. The van der Waals surface area contributed by atoms with Crippen molar-refractivity contribution >= 4 is 64.6 Å². The SMILES string of the molecule is CCCCCCN.CNC(=O)c1cc(CC(=O)[C@@H](CCCN=C(N)N)NC(=O)c2cc(CC(=O)[C@@H](CCCN=C(N)N)NC(=O)c3cc(CC(=O)[C@@H](CCCN=C(N)N)NC(=O)c4cc(CC(=O)[C@@H](C)N)ccc4OC)ccc3OC)ccc2OC)ccc1OC. The third-order valence-corrected chi connectivity index (χ3v) is 14.3. The molecule has 27 heteroatoms. The summed E-state index contributed by atoms with van der Waals surface area (Å²) in [4.78, 5) is 122. The maximum atomic E-state index is 14.4. The lowest BCUT2D eigenvalue weighted by molar-refractivity contribution is -0.121. The largest absolute Gasteiger partial charge is 0.496 e. The first-order chi connectivity index (χ1) is 43.4. The van der Waals surface area contributed by atoms with Gasteiger partial charge in [0.15, 0.2) is 41.0 Å².